The molecule has 2 aromatic rings. The van der Waals surface area contributed by atoms with E-state index in [0.29, 0.717) is 11.3 Å². The maximum Gasteiger partial charge on any atom is 0.313 e. The van der Waals surface area contributed by atoms with Crippen LogP contribution in [0.3, 0.4) is 0 Å². The van der Waals surface area contributed by atoms with Gasteiger partial charge in [-0.25, -0.2) is 4.98 Å². The summed E-state index contributed by atoms with van der Waals surface area (Å²) in [7, 11) is 0. The zero-order chi connectivity index (χ0) is 15.9. The second-order valence-electron chi connectivity index (χ2n) is 4.46. The van der Waals surface area contributed by atoms with E-state index in [1.165, 1.54) is 18.3 Å². The van der Waals surface area contributed by atoms with Crippen LogP contribution in [-0.4, -0.2) is 28.4 Å². The van der Waals surface area contributed by atoms with Crippen molar-refractivity contribution in [1.82, 2.24) is 10.3 Å². The lowest BCUT2D eigenvalue weighted by molar-refractivity contribution is -0.136. The molecule has 114 valence electrons. The summed E-state index contributed by atoms with van der Waals surface area (Å²) < 4.78 is 0. The van der Waals surface area contributed by atoms with E-state index in [4.69, 9.17) is 11.6 Å². The van der Waals surface area contributed by atoms with Gasteiger partial charge in [-0.3, -0.25) is 9.59 Å². The molecule has 0 aliphatic carbocycles. The van der Waals surface area contributed by atoms with E-state index in [0.717, 1.165) is 0 Å². The van der Waals surface area contributed by atoms with Crippen LogP contribution < -0.4 is 10.6 Å². The van der Waals surface area contributed by atoms with E-state index < -0.39 is 17.9 Å². The Kier molecular flexibility index (Phi) is 5.46. The number of aliphatic hydroxyl groups is 1. The molecular weight excluding hydrogens is 306 g/mol. The first-order valence-electron chi connectivity index (χ1n) is 6.50. The Balaban J connectivity index is 1.85. The monoisotopic (exact) mass is 319 g/mol. The average molecular weight is 320 g/mol. The zero-order valence-corrected chi connectivity index (χ0v) is 12.2. The maximum atomic E-state index is 11.7. The molecule has 0 radical (unpaired) electrons. The quantitative estimate of drug-likeness (QED) is 0.588. The highest BCUT2D eigenvalue weighted by Gasteiger charge is 2.16. The predicted octanol–water partition coefficient (Wildman–Crippen LogP) is 1.52. The molecule has 2 rings (SSSR count). The van der Waals surface area contributed by atoms with Crippen LogP contribution in [0.25, 0.3) is 0 Å². The van der Waals surface area contributed by atoms with Crippen molar-refractivity contribution < 1.29 is 14.7 Å². The van der Waals surface area contributed by atoms with Crippen molar-refractivity contribution in [2.24, 2.45) is 0 Å². The molecule has 1 aromatic heterocycles. The summed E-state index contributed by atoms with van der Waals surface area (Å²) >= 11 is 5.68. The molecule has 1 aromatic carbocycles. The van der Waals surface area contributed by atoms with Gasteiger partial charge in [0.05, 0.1) is 6.10 Å². The lowest BCUT2D eigenvalue weighted by Gasteiger charge is -2.12. The number of carbonyl (C=O) groups is 2. The molecule has 6 nitrogen and oxygen atoms in total. The fraction of sp³-hybridized carbons (Fsp3) is 0.133. The summed E-state index contributed by atoms with van der Waals surface area (Å²) in [4.78, 5) is 27.2. The van der Waals surface area contributed by atoms with Crippen molar-refractivity contribution in [1.29, 1.82) is 0 Å². The van der Waals surface area contributed by atoms with Crippen LogP contribution in [-0.2, 0) is 9.59 Å². The van der Waals surface area contributed by atoms with Crippen molar-refractivity contribution in [2.45, 2.75) is 6.10 Å². The van der Waals surface area contributed by atoms with E-state index in [2.05, 4.69) is 15.6 Å². The number of carbonyl (C=O) groups excluding carboxylic acids is 2. The first-order valence-corrected chi connectivity index (χ1v) is 6.88. The van der Waals surface area contributed by atoms with Crippen LogP contribution >= 0.6 is 11.6 Å². The second-order valence-corrected chi connectivity index (χ2v) is 4.85. The molecule has 7 heteroatoms. The maximum absolute atomic E-state index is 11.7. The average Bonchev–Trinajstić information content (AvgIpc) is 2.53. The molecule has 2 amide bonds. The van der Waals surface area contributed by atoms with Gasteiger partial charge in [0.2, 0.25) is 0 Å². The van der Waals surface area contributed by atoms with Crippen LogP contribution in [0, 0.1) is 0 Å². The minimum absolute atomic E-state index is 0.0621. The standard InChI is InChI=1S/C15H14ClN3O3/c16-13-8-11(6-7-17-13)19-15(22)14(21)18-9-12(20)10-4-2-1-3-5-10/h1-8,12,20H,9H2,(H,18,21)(H,17,19,22). The highest BCUT2D eigenvalue weighted by atomic mass is 35.5. The number of nitrogens with one attached hydrogen (secondary N) is 2. The molecule has 0 fully saturated rings. The molecule has 0 spiro atoms. The van der Waals surface area contributed by atoms with Crippen LogP contribution in [0.4, 0.5) is 5.69 Å². The summed E-state index contributed by atoms with van der Waals surface area (Å²) in [5, 5.41) is 14.9. The molecule has 22 heavy (non-hydrogen) atoms. The van der Waals surface area contributed by atoms with Gasteiger partial charge in [-0.1, -0.05) is 41.9 Å². The number of aromatic nitrogens is 1. The summed E-state index contributed by atoms with van der Waals surface area (Å²) in [6.45, 7) is -0.0621. The van der Waals surface area contributed by atoms with Gasteiger partial charge in [-0.2, -0.15) is 0 Å². The van der Waals surface area contributed by atoms with Gasteiger partial charge >= 0.3 is 11.8 Å². The van der Waals surface area contributed by atoms with Gasteiger partial charge < -0.3 is 15.7 Å². The first-order chi connectivity index (χ1) is 10.6. The third kappa shape index (κ3) is 4.54. The van der Waals surface area contributed by atoms with Gasteiger partial charge in [0.15, 0.2) is 0 Å². The Morgan fingerprint density at radius 2 is 1.91 bits per heavy atom. The van der Waals surface area contributed by atoms with E-state index in [1.807, 2.05) is 6.07 Å². The van der Waals surface area contributed by atoms with E-state index >= 15 is 0 Å². The van der Waals surface area contributed by atoms with E-state index in [-0.39, 0.29) is 11.7 Å². The normalized spacial score (nSPS) is 11.5. The zero-order valence-electron chi connectivity index (χ0n) is 11.5. The van der Waals surface area contributed by atoms with Crippen LogP contribution in [0.5, 0.6) is 0 Å². The van der Waals surface area contributed by atoms with Crippen LogP contribution in [0.15, 0.2) is 48.7 Å². The van der Waals surface area contributed by atoms with Crippen molar-refractivity contribution in [2.75, 3.05) is 11.9 Å². The number of halogens is 1. The minimum atomic E-state index is -0.881. The molecule has 0 aliphatic heterocycles. The number of hydrogen-bond acceptors (Lipinski definition) is 4. The number of anilines is 1. The smallest absolute Gasteiger partial charge is 0.313 e. The lowest BCUT2D eigenvalue weighted by Crippen LogP contribution is -2.37. The molecule has 1 heterocycles. The number of amides is 2. The molecular formula is C15H14ClN3O3. The molecule has 0 aliphatic rings. The minimum Gasteiger partial charge on any atom is -0.387 e. The molecule has 0 bridgehead atoms. The highest BCUT2D eigenvalue weighted by molar-refractivity contribution is 6.39. The van der Waals surface area contributed by atoms with Gasteiger partial charge in [0.25, 0.3) is 0 Å². The molecule has 3 N–H and O–H groups in total. The van der Waals surface area contributed by atoms with Crippen molar-refractivity contribution in [3.05, 3.63) is 59.4 Å². The van der Waals surface area contributed by atoms with Crippen LogP contribution in [0.2, 0.25) is 5.15 Å². The number of pyridine rings is 1. The van der Waals surface area contributed by atoms with Crippen molar-refractivity contribution >= 4 is 29.1 Å². The SMILES string of the molecule is O=C(NCC(O)c1ccccc1)C(=O)Nc1ccnc(Cl)c1. The number of nitrogens with zero attached hydrogens (tertiary/aromatic N) is 1. The van der Waals surface area contributed by atoms with Gasteiger partial charge in [0, 0.05) is 18.4 Å². The Hall–Kier alpha value is -2.44. The van der Waals surface area contributed by atoms with Crippen molar-refractivity contribution in [3.63, 3.8) is 0 Å². The molecule has 1 unspecified atom stereocenters. The number of aliphatic hydroxyl groups excluding tert-OH is 1. The van der Waals surface area contributed by atoms with E-state index in [1.54, 1.807) is 24.3 Å². The fourth-order valence-electron chi connectivity index (χ4n) is 1.73. The third-order valence-electron chi connectivity index (χ3n) is 2.83. The topological polar surface area (TPSA) is 91.3 Å². The lowest BCUT2D eigenvalue weighted by atomic mass is 10.1. The van der Waals surface area contributed by atoms with E-state index in [9.17, 15) is 14.7 Å². The van der Waals surface area contributed by atoms with Gasteiger partial charge in [0.1, 0.15) is 5.15 Å². The second kappa shape index (κ2) is 7.53. The van der Waals surface area contributed by atoms with Gasteiger partial charge in [-0.05, 0) is 17.7 Å². The summed E-state index contributed by atoms with van der Waals surface area (Å²) in [5.74, 6) is -1.69. The Morgan fingerprint density at radius 1 is 1.18 bits per heavy atom. The molecule has 0 saturated heterocycles. The summed E-state index contributed by atoms with van der Waals surface area (Å²) in [6.07, 6.45) is 0.531. The highest BCUT2D eigenvalue weighted by Crippen LogP contribution is 2.12. The third-order valence-corrected chi connectivity index (χ3v) is 3.04. The predicted molar refractivity (Wildman–Crippen MR) is 82.3 cm³/mol. The van der Waals surface area contributed by atoms with Gasteiger partial charge in [-0.15, -0.1) is 0 Å². The Morgan fingerprint density at radius 3 is 2.59 bits per heavy atom. The number of benzene rings is 1. The molecule has 0 saturated carbocycles. The Bertz CT molecular complexity index is 664. The fourth-order valence-corrected chi connectivity index (χ4v) is 1.90. The Labute approximate surface area is 132 Å². The number of rotatable bonds is 4. The summed E-state index contributed by atoms with van der Waals surface area (Å²) in [5.41, 5.74) is 1.02. The largest absolute Gasteiger partial charge is 0.387 e. The number of hydrogen-bond donors (Lipinski definition) is 3. The van der Waals surface area contributed by atoms with Crippen LogP contribution in [0.1, 0.15) is 11.7 Å². The van der Waals surface area contributed by atoms with Crippen molar-refractivity contribution in [3.8, 4) is 0 Å². The summed E-state index contributed by atoms with van der Waals surface area (Å²) in [6, 6.07) is 11.8. The first kappa shape index (κ1) is 15.9. The molecule has 1 atom stereocenters.